The average Bonchev–Trinajstić information content (AvgIpc) is 2.47. The van der Waals surface area contributed by atoms with Crippen molar-refractivity contribution in [3.63, 3.8) is 0 Å². The van der Waals surface area contributed by atoms with E-state index >= 15 is 0 Å². The van der Waals surface area contributed by atoms with Crippen molar-refractivity contribution in [2.45, 2.75) is 37.9 Å². The summed E-state index contributed by atoms with van der Waals surface area (Å²) in [5.41, 5.74) is 2.40. The predicted molar refractivity (Wildman–Crippen MR) is 84.6 cm³/mol. The number of amides is 1. The second-order valence-electron chi connectivity index (χ2n) is 5.61. The summed E-state index contributed by atoms with van der Waals surface area (Å²) in [4.78, 5) is 15.3. The Kier molecular flexibility index (Phi) is 5.67. The van der Waals surface area contributed by atoms with E-state index in [1.807, 2.05) is 6.92 Å². The lowest BCUT2D eigenvalue weighted by Gasteiger charge is -2.36. The molecule has 5 heteroatoms. The van der Waals surface area contributed by atoms with E-state index in [4.69, 9.17) is 4.74 Å². The molecule has 21 heavy (non-hydrogen) atoms. The van der Waals surface area contributed by atoms with E-state index in [1.54, 1.807) is 16.7 Å². The zero-order valence-electron chi connectivity index (χ0n) is 12.8. The van der Waals surface area contributed by atoms with E-state index in [0.29, 0.717) is 18.8 Å². The highest BCUT2D eigenvalue weighted by Crippen LogP contribution is 2.24. The van der Waals surface area contributed by atoms with Crippen molar-refractivity contribution in [1.82, 2.24) is 4.90 Å². The zero-order valence-corrected chi connectivity index (χ0v) is 13.7. The maximum atomic E-state index is 12.3. The molecule has 1 amide bonds. The molecule has 1 saturated heterocycles. The van der Waals surface area contributed by atoms with Crippen LogP contribution in [0.25, 0.3) is 0 Å². The van der Waals surface area contributed by atoms with Gasteiger partial charge < -0.3 is 14.7 Å². The van der Waals surface area contributed by atoms with Gasteiger partial charge in [-0.3, -0.25) is 4.79 Å². The quantitative estimate of drug-likeness (QED) is 0.864. The molecular formula is C16H23NO3S. The Hall–Kier alpha value is -1.04. The highest BCUT2D eigenvalue weighted by atomic mass is 32.2. The van der Waals surface area contributed by atoms with Gasteiger partial charge in [-0.1, -0.05) is 17.7 Å². The van der Waals surface area contributed by atoms with Crippen LogP contribution >= 0.6 is 11.8 Å². The molecule has 1 fully saturated rings. The Labute approximate surface area is 130 Å². The van der Waals surface area contributed by atoms with Crippen LogP contribution in [0, 0.1) is 13.8 Å². The molecule has 0 aliphatic carbocycles. The molecule has 0 bridgehead atoms. The minimum absolute atomic E-state index is 0.0226. The third-order valence-electron chi connectivity index (χ3n) is 3.58. The number of aliphatic hydroxyl groups is 1. The monoisotopic (exact) mass is 309 g/mol. The second-order valence-corrected chi connectivity index (χ2v) is 6.62. The maximum Gasteiger partial charge on any atom is 0.233 e. The number of hydrogen-bond donors (Lipinski definition) is 1. The van der Waals surface area contributed by atoms with Gasteiger partial charge in [-0.05, 0) is 32.4 Å². The molecule has 0 saturated carbocycles. The van der Waals surface area contributed by atoms with E-state index in [0.717, 1.165) is 4.90 Å². The van der Waals surface area contributed by atoms with E-state index in [1.165, 1.54) is 11.1 Å². The lowest BCUT2D eigenvalue weighted by atomic mass is 10.2. The molecule has 1 aromatic rings. The summed E-state index contributed by atoms with van der Waals surface area (Å²) < 4.78 is 5.56. The van der Waals surface area contributed by atoms with Crippen molar-refractivity contribution in [3.05, 3.63) is 29.3 Å². The number of hydrogen-bond acceptors (Lipinski definition) is 4. The zero-order chi connectivity index (χ0) is 15.4. The van der Waals surface area contributed by atoms with E-state index in [-0.39, 0.29) is 24.7 Å². The SMILES string of the molecule is Cc1ccc(C)c(SCC(=O)N2CC(C)OC(CO)C2)c1. The topological polar surface area (TPSA) is 49.8 Å². The van der Waals surface area contributed by atoms with Crippen molar-refractivity contribution in [2.75, 3.05) is 25.4 Å². The Morgan fingerprint density at radius 2 is 2.19 bits per heavy atom. The van der Waals surface area contributed by atoms with Crippen molar-refractivity contribution < 1.29 is 14.6 Å². The number of morpholine rings is 1. The van der Waals surface area contributed by atoms with Crippen LogP contribution < -0.4 is 0 Å². The van der Waals surface area contributed by atoms with Gasteiger partial charge in [0, 0.05) is 18.0 Å². The van der Waals surface area contributed by atoms with Crippen molar-refractivity contribution >= 4 is 17.7 Å². The number of carbonyl (C=O) groups is 1. The molecule has 1 aliphatic heterocycles. The van der Waals surface area contributed by atoms with Gasteiger partial charge in [0.05, 0.1) is 24.6 Å². The Morgan fingerprint density at radius 1 is 1.43 bits per heavy atom. The van der Waals surface area contributed by atoms with Gasteiger partial charge in [0.15, 0.2) is 0 Å². The highest BCUT2D eigenvalue weighted by Gasteiger charge is 2.27. The highest BCUT2D eigenvalue weighted by molar-refractivity contribution is 8.00. The molecule has 2 unspecified atom stereocenters. The summed E-state index contributed by atoms with van der Waals surface area (Å²) in [6, 6.07) is 6.28. The van der Waals surface area contributed by atoms with Crippen LogP contribution in [-0.4, -0.2) is 53.6 Å². The lowest BCUT2D eigenvalue weighted by molar-refractivity contribution is -0.144. The maximum absolute atomic E-state index is 12.3. The number of benzene rings is 1. The van der Waals surface area contributed by atoms with Gasteiger partial charge in [0.25, 0.3) is 0 Å². The first-order valence-electron chi connectivity index (χ1n) is 7.23. The third kappa shape index (κ3) is 4.46. The first-order chi connectivity index (χ1) is 9.99. The first kappa shape index (κ1) is 16.3. The summed E-state index contributed by atoms with van der Waals surface area (Å²) in [5, 5.41) is 9.22. The van der Waals surface area contributed by atoms with Gasteiger partial charge in [0.2, 0.25) is 5.91 Å². The molecule has 1 N–H and O–H groups in total. The second kappa shape index (κ2) is 7.29. The number of thioether (sulfide) groups is 1. The van der Waals surface area contributed by atoms with Gasteiger partial charge in [-0.25, -0.2) is 0 Å². The fourth-order valence-electron chi connectivity index (χ4n) is 2.44. The molecule has 1 aromatic carbocycles. The smallest absolute Gasteiger partial charge is 0.233 e. The van der Waals surface area contributed by atoms with Crippen molar-refractivity contribution in [2.24, 2.45) is 0 Å². The first-order valence-corrected chi connectivity index (χ1v) is 8.22. The molecule has 0 radical (unpaired) electrons. The van der Waals surface area contributed by atoms with Gasteiger partial charge in [-0.2, -0.15) is 0 Å². The third-order valence-corrected chi connectivity index (χ3v) is 4.72. The van der Waals surface area contributed by atoms with Gasteiger partial charge >= 0.3 is 0 Å². The summed E-state index contributed by atoms with van der Waals surface area (Å²) in [5.74, 6) is 0.532. The molecule has 2 rings (SSSR count). The fourth-order valence-corrected chi connectivity index (χ4v) is 3.47. The molecule has 1 aliphatic rings. The largest absolute Gasteiger partial charge is 0.394 e. The number of aryl methyl sites for hydroxylation is 2. The van der Waals surface area contributed by atoms with Crippen LogP contribution in [-0.2, 0) is 9.53 Å². The molecule has 116 valence electrons. The Morgan fingerprint density at radius 3 is 2.90 bits per heavy atom. The van der Waals surface area contributed by atoms with Crippen LogP contribution in [0.15, 0.2) is 23.1 Å². The minimum Gasteiger partial charge on any atom is -0.394 e. The molecule has 4 nitrogen and oxygen atoms in total. The lowest BCUT2D eigenvalue weighted by Crippen LogP contribution is -2.50. The van der Waals surface area contributed by atoms with Crippen LogP contribution in [0.2, 0.25) is 0 Å². The van der Waals surface area contributed by atoms with Crippen molar-refractivity contribution in [1.29, 1.82) is 0 Å². The summed E-state index contributed by atoms with van der Waals surface area (Å²) in [7, 11) is 0. The Balaban J connectivity index is 1.93. The van der Waals surface area contributed by atoms with Crippen molar-refractivity contribution in [3.8, 4) is 0 Å². The number of aliphatic hydroxyl groups excluding tert-OH is 1. The van der Waals surface area contributed by atoms with Gasteiger partial charge in [0.1, 0.15) is 0 Å². The minimum atomic E-state index is -0.261. The van der Waals surface area contributed by atoms with Crippen LogP contribution in [0.5, 0.6) is 0 Å². The molecule has 2 atom stereocenters. The van der Waals surface area contributed by atoms with Crippen LogP contribution in [0.3, 0.4) is 0 Å². The predicted octanol–water partition coefficient (Wildman–Crippen LogP) is 2.00. The number of nitrogens with zero attached hydrogens (tertiary/aromatic N) is 1. The molecule has 0 aromatic heterocycles. The van der Waals surface area contributed by atoms with E-state index in [9.17, 15) is 9.90 Å². The van der Waals surface area contributed by atoms with Crippen LogP contribution in [0.4, 0.5) is 0 Å². The van der Waals surface area contributed by atoms with Crippen LogP contribution in [0.1, 0.15) is 18.1 Å². The summed E-state index contributed by atoms with van der Waals surface area (Å²) in [6.45, 7) is 7.08. The van der Waals surface area contributed by atoms with E-state index < -0.39 is 0 Å². The number of ether oxygens (including phenoxy) is 1. The van der Waals surface area contributed by atoms with Gasteiger partial charge in [-0.15, -0.1) is 11.8 Å². The standard InChI is InChI=1S/C16H23NO3S/c1-11-4-5-12(2)15(6-11)21-10-16(19)17-7-13(3)20-14(8-17)9-18/h4-6,13-14,18H,7-10H2,1-3H3. The molecule has 0 spiro atoms. The summed E-state index contributed by atoms with van der Waals surface area (Å²) in [6.07, 6.45) is -0.283. The normalized spacial score (nSPS) is 22.4. The Bertz CT molecular complexity index is 506. The number of carbonyl (C=O) groups excluding carboxylic acids is 1. The van der Waals surface area contributed by atoms with E-state index in [2.05, 4.69) is 32.0 Å². The molecule has 1 heterocycles. The molecular weight excluding hydrogens is 286 g/mol. The number of rotatable bonds is 4. The average molecular weight is 309 g/mol. The fraction of sp³-hybridized carbons (Fsp3) is 0.562. The summed E-state index contributed by atoms with van der Waals surface area (Å²) >= 11 is 1.58.